The van der Waals surface area contributed by atoms with Crippen molar-refractivity contribution in [2.45, 2.75) is 186 Å². The van der Waals surface area contributed by atoms with E-state index >= 15 is 0 Å². The van der Waals surface area contributed by atoms with Crippen molar-refractivity contribution in [3.63, 3.8) is 0 Å². The third-order valence-electron chi connectivity index (χ3n) is 8.31. The Bertz CT molecular complexity index is 943. The molecule has 274 valence electrons. The van der Waals surface area contributed by atoms with Gasteiger partial charge in [0.2, 0.25) is 5.91 Å². The molecule has 0 spiro atoms. The van der Waals surface area contributed by atoms with Gasteiger partial charge in [0.25, 0.3) is 10.1 Å². The summed E-state index contributed by atoms with van der Waals surface area (Å²) < 4.78 is 32.4. The minimum Gasteiger partial charge on any atom is -0.387 e. The molecule has 0 bridgehead atoms. The maximum absolute atomic E-state index is 12.5. The van der Waals surface area contributed by atoms with E-state index in [-0.39, 0.29) is 6.42 Å². The number of hydrogen-bond acceptors (Lipinski definition) is 5. The number of carbonyl (C=O) groups excluding carboxylic acids is 1. The molecule has 47 heavy (non-hydrogen) atoms. The molecule has 3 atom stereocenters. The summed E-state index contributed by atoms with van der Waals surface area (Å²) in [5.41, 5.74) is 0. The Labute approximate surface area is 289 Å². The third kappa shape index (κ3) is 32.6. The van der Waals surface area contributed by atoms with Crippen LogP contribution in [0.4, 0.5) is 0 Å². The summed E-state index contributed by atoms with van der Waals surface area (Å²) in [6, 6.07) is -1.26. The van der Waals surface area contributed by atoms with E-state index in [1.165, 1.54) is 83.1 Å². The summed E-state index contributed by atoms with van der Waals surface area (Å²) in [5, 5.41) is 23.3. The summed E-state index contributed by atoms with van der Waals surface area (Å²) in [6.45, 7) is 4.46. The number of carbonyl (C=O) groups is 1. The molecule has 0 aromatic heterocycles. The highest BCUT2D eigenvalue weighted by molar-refractivity contribution is 7.85. The van der Waals surface area contributed by atoms with Crippen LogP contribution in [0.1, 0.15) is 168 Å². The smallest absolute Gasteiger partial charge is 0.267 e. The molecule has 0 heterocycles. The number of unbranched alkanes of at least 4 members (excludes halogenated alkanes) is 18. The zero-order valence-corrected chi connectivity index (χ0v) is 30.8. The lowest BCUT2D eigenvalue weighted by molar-refractivity contribution is -0.130. The molecule has 7 nitrogen and oxygen atoms in total. The van der Waals surface area contributed by atoms with Gasteiger partial charge in [-0.15, -0.1) is 0 Å². The van der Waals surface area contributed by atoms with Gasteiger partial charge in [-0.1, -0.05) is 146 Å². The Balaban J connectivity index is 4.17. The standard InChI is InChI=1S/C39H71NO6S/c1-3-5-7-9-11-13-15-17-18-19-20-22-24-26-28-30-32-34-38(42)39(43)40-36(35-47(44,45)46)37(41)33-31-29-27-25-23-21-16-14-12-10-8-6-4-2/h12,14,20,22-23,25,31,33,36-38,41-42H,3-11,13,15-19,21,24,26-30,32,34-35H2,1-2H3,(H,40,43)(H,44,45,46)/b14-12+,22-20-,25-23+,33-31+. The van der Waals surface area contributed by atoms with Gasteiger partial charge in [-0.2, -0.15) is 8.42 Å². The zero-order chi connectivity index (χ0) is 34.9. The molecule has 4 N–H and O–H groups in total. The van der Waals surface area contributed by atoms with Crippen LogP contribution in [0.15, 0.2) is 48.6 Å². The van der Waals surface area contributed by atoms with Crippen LogP contribution in [0.25, 0.3) is 0 Å². The summed E-state index contributed by atoms with van der Waals surface area (Å²) in [5.74, 6) is -1.58. The van der Waals surface area contributed by atoms with Gasteiger partial charge < -0.3 is 15.5 Å². The van der Waals surface area contributed by atoms with Gasteiger partial charge in [0.1, 0.15) is 6.10 Å². The van der Waals surface area contributed by atoms with E-state index in [4.69, 9.17) is 0 Å². The maximum atomic E-state index is 12.5. The monoisotopic (exact) mass is 682 g/mol. The molecule has 1 amide bonds. The van der Waals surface area contributed by atoms with Crippen molar-refractivity contribution < 1.29 is 28.0 Å². The first-order valence-corrected chi connectivity index (χ1v) is 20.6. The first-order chi connectivity index (χ1) is 22.7. The lowest BCUT2D eigenvalue weighted by Gasteiger charge is -2.22. The molecule has 0 fully saturated rings. The lowest BCUT2D eigenvalue weighted by Crippen LogP contribution is -2.50. The van der Waals surface area contributed by atoms with Gasteiger partial charge in [0, 0.05) is 0 Å². The fourth-order valence-electron chi connectivity index (χ4n) is 5.36. The Morgan fingerprint density at radius 3 is 1.45 bits per heavy atom. The van der Waals surface area contributed by atoms with Crippen LogP contribution in [0.3, 0.4) is 0 Å². The molecule has 0 aliphatic rings. The summed E-state index contributed by atoms with van der Waals surface area (Å²) in [4.78, 5) is 12.5. The van der Waals surface area contributed by atoms with Gasteiger partial charge >= 0.3 is 0 Å². The number of aliphatic hydroxyl groups is 2. The van der Waals surface area contributed by atoms with Crippen molar-refractivity contribution in [1.29, 1.82) is 0 Å². The zero-order valence-electron chi connectivity index (χ0n) is 30.0. The van der Waals surface area contributed by atoms with E-state index in [0.717, 1.165) is 57.8 Å². The molecule has 0 radical (unpaired) electrons. The van der Waals surface area contributed by atoms with Crippen molar-refractivity contribution in [2.75, 3.05) is 5.75 Å². The summed E-state index contributed by atoms with van der Waals surface area (Å²) in [7, 11) is -4.45. The van der Waals surface area contributed by atoms with Gasteiger partial charge in [-0.05, 0) is 70.6 Å². The Kier molecular flexibility index (Phi) is 31.6. The van der Waals surface area contributed by atoms with E-state index in [9.17, 15) is 28.0 Å². The van der Waals surface area contributed by atoms with Crippen molar-refractivity contribution in [3.05, 3.63) is 48.6 Å². The van der Waals surface area contributed by atoms with Crippen LogP contribution in [0.5, 0.6) is 0 Å². The number of hydrogen-bond donors (Lipinski definition) is 4. The lowest BCUT2D eigenvalue weighted by atomic mass is 10.1. The predicted molar refractivity (Wildman–Crippen MR) is 199 cm³/mol. The number of aliphatic hydroxyl groups excluding tert-OH is 2. The van der Waals surface area contributed by atoms with Gasteiger partial charge in [0.05, 0.1) is 17.9 Å². The molecule has 0 aromatic rings. The predicted octanol–water partition coefficient (Wildman–Crippen LogP) is 9.71. The molecule has 3 unspecified atom stereocenters. The van der Waals surface area contributed by atoms with E-state index in [2.05, 4.69) is 55.6 Å². The molecular formula is C39H71NO6S. The minimum atomic E-state index is -4.45. The van der Waals surface area contributed by atoms with Crippen molar-refractivity contribution in [2.24, 2.45) is 0 Å². The van der Waals surface area contributed by atoms with Crippen LogP contribution in [-0.4, -0.2) is 53.1 Å². The second-order valence-corrected chi connectivity index (χ2v) is 14.5. The Hall–Kier alpha value is -1.74. The highest BCUT2D eigenvalue weighted by Gasteiger charge is 2.27. The topological polar surface area (TPSA) is 124 Å². The molecule has 0 rings (SSSR count). The number of amides is 1. The average Bonchev–Trinajstić information content (AvgIpc) is 3.03. The van der Waals surface area contributed by atoms with E-state index in [0.29, 0.717) is 12.8 Å². The average molecular weight is 682 g/mol. The first kappa shape index (κ1) is 45.3. The van der Waals surface area contributed by atoms with Crippen LogP contribution in [0, 0.1) is 0 Å². The Morgan fingerprint density at radius 2 is 0.957 bits per heavy atom. The fourth-order valence-corrected chi connectivity index (χ4v) is 6.10. The summed E-state index contributed by atoms with van der Waals surface area (Å²) >= 11 is 0. The van der Waals surface area contributed by atoms with E-state index in [1.54, 1.807) is 6.08 Å². The van der Waals surface area contributed by atoms with Crippen LogP contribution >= 0.6 is 0 Å². The second-order valence-electron chi connectivity index (χ2n) is 13.0. The van der Waals surface area contributed by atoms with Crippen LogP contribution in [0.2, 0.25) is 0 Å². The minimum absolute atomic E-state index is 0.256. The van der Waals surface area contributed by atoms with Crippen LogP contribution in [-0.2, 0) is 14.9 Å². The highest BCUT2D eigenvalue weighted by atomic mass is 32.2. The molecule has 0 saturated carbocycles. The highest BCUT2D eigenvalue weighted by Crippen LogP contribution is 2.12. The van der Waals surface area contributed by atoms with Gasteiger partial charge in [-0.3, -0.25) is 9.35 Å². The molecule has 0 aliphatic carbocycles. The van der Waals surface area contributed by atoms with E-state index in [1.807, 2.05) is 0 Å². The van der Waals surface area contributed by atoms with Gasteiger partial charge in [-0.25, -0.2) is 0 Å². The molecule has 0 aromatic carbocycles. The van der Waals surface area contributed by atoms with Crippen molar-refractivity contribution in [1.82, 2.24) is 5.32 Å². The molecular weight excluding hydrogens is 610 g/mol. The van der Waals surface area contributed by atoms with Crippen molar-refractivity contribution >= 4 is 16.0 Å². The quantitative estimate of drug-likeness (QED) is 0.0311. The van der Waals surface area contributed by atoms with Crippen LogP contribution < -0.4 is 5.32 Å². The SMILES string of the molecule is CCCCC/C=C/CC/C=C/CC/C=C/C(O)C(CS(=O)(=O)O)NC(=O)C(O)CCCCCC/C=C\CCCCCCCCCCC. The first-order valence-electron chi connectivity index (χ1n) is 18.9. The van der Waals surface area contributed by atoms with E-state index < -0.39 is 40.0 Å². The third-order valence-corrected chi connectivity index (χ3v) is 9.09. The normalized spacial score (nSPS) is 14.6. The molecule has 0 saturated heterocycles. The molecule has 8 heteroatoms. The largest absolute Gasteiger partial charge is 0.387 e. The fraction of sp³-hybridized carbons (Fsp3) is 0.769. The number of nitrogens with one attached hydrogen (secondary N) is 1. The number of allylic oxidation sites excluding steroid dienone is 7. The number of rotatable bonds is 33. The Morgan fingerprint density at radius 1 is 0.574 bits per heavy atom. The maximum Gasteiger partial charge on any atom is 0.267 e. The van der Waals surface area contributed by atoms with Gasteiger partial charge in [0.15, 0.2) is 0 Å². The van der Waals surface area contributed by atoms with Crippen molar-refractivity contribution in [3.8, 4) is 0 Å². The molecule has 0 aliphatic heterocycles. The summed E-state index contributed by atoms with van der Waals surface area (Å²) in [6.07, 6.45) is 40.2. The second kappa shape index (κ2) is 32.8.